The van der Waals surface area contributed by atoms with E-state index in [1.807, 2.05) is 18.2 Å². The molecule has 0 aliphatic carbocycles. The Balaban J connectivity index is 2.48. The minimum atomic E-state index is 0.406. The first-order valence-corrected chi connectivity index (χ1v) is 6.98. The van der Waals surface area contributed by atoms with Gasteiger partial charge in [0.1, 0.15) is 10.0 Å². The Morgan fingerprint density at radius 2 is 2.07 bits per heavy atom. The van der Waals surface area contributed by atoms with E-state index in [0.717, 1.165) is 24.5 Å². The van der Waals surface area contributed by atoms with Gasteiger partial charge in [-0.1, -0.05) is 43.2 Å². The Morgan fingerprint density at radius 1 is 1.27 bits per heavy atom. The summed E-state index contributed by atoms with van der Waals surface area (Å²) in [5, 5.41) is 9.78. The first-order valence-electron chi connectivity index (χ1n) is 4.04. The van der Waals surface area contributed by atoms with E-state index in [-0.39, 0.29) is 0 Å². The van der Waals surface area contributed by atoms with Crippen LogP contribution in [0.5, 0.6) is 0 Å². The summed E-state index contributed by atoms with van der Waals surface area (Å²) in [5.41, 5.74) is 1.03. The van der Waals surface area contributed by atoms with E-state index in [0.29, 0.717) is 5.88 Å². The van der Waals surface area contributed by atoms with E-state index < -0.39 is 0 Å². The summed E-state index contributed by atoms with van der Waals surface area (Å²) in [7, 11) is 0. The number of nitrogens with zero attached hydrogens (tertiary/aromatic N) is 2. The first kappa shape index (κ1) is 11.5. The molecule has 1 aromatic carbocycles. The Kier molecular flexibility index (Phi) is 3.77. The van der Waals surface area contributed by atoms with Crippen molar-refractivity contribution < 1.29 is 0 Å². The number of halogens is 3. The van der Waals surface area contributed by atoms with Crippen molar-refractivity contribution in [2.75, 3.05) is 0 Å². The Hall–Kier alpha value is 0.0300. The summed E-state index contributed by atoms with van der Waals surface area (Å²) in [6, 6.07) is 5.95. The van der Waals surface area contributed by atoms with Gasteiger partial charge in [-0.15, -0.1) is 21.8 Å². The van der Waals surface area contributed by atoms with Gasteiger partial charge in [0.05, 0.1) is 5.88 Å². The molecule has 0 aliphatic rings. The normalized spacial score (nSPS) is 10.6. The molecule has 6 heteroatoms. The minimum absolute atomic E-state index is 0.406. The van der Waals surface area contributed by atoms with Crippen molar-refractivity contribution in [1.29, 1.82) is 0 Å². The van der Waals surface area contributed by atoms with Gasteiger partial charge in [-0.25, -0.2) is 0 Å². The maximum absolute atomic E-state index is 5.69. The summed E-state index contributed by atoms with van der Waals surface area (Å²) in [6.45, 7) is 0. The molecule has 0 radical (unpaired) electrons. The Labute approximate surface area is 113 Å². The van der Waals surface area contributed by atoms with Crippen molar-refractivity contribution in [3.63, 3.8) is 0 Å². The van der Waals surface area contributed by atoms with Gasteiger partial charge >= 0.3 is 0 Å². The summed E-state index contributed by atoms with van der Waals surface area (Å²) in [5.74, 6) is 0.406. The van der Waals surface area contributed by atoms with Crippen LogP contribution in [0.25, 0.3) is 10.6 Å². The lowest BCUT2D eigenvalue weighted by Gasteiger charge is -1.99. The van der Waals surface area contributed by atoms with Gasteiger partial charge in [0, 0.05) is 14.5 Å². The van der Waals surface area contributed by atoms with Gasteiger partial charge in [0.25, 0.3) is 0 Å². The molecule has 0 spiro atoms. The van der Waals surface area contributed by atoms with Crippen molar-refractivity contribution in [3.8, 4) is 10.6 Å². The van der Waals surface area contributed by atoms with Crippen LogP contribution in [-0.2, 0) is 5.88 Å². The zero-order valence-corrected chi connectivity index (χ0v) is 12.1. The highest BCUT2D eigenvalue weighted by atomic mass is 79.9. The van der Waals surface area contributed by atoms with Crippen molar-refractivity contribution >= 4 is 54.8 Å². The molecule has 1 aromatic heterocycles. The number of benzene rings is 1. The van der Waals surface area contributed by atoms with Gasteiger partial charge < -0.3 is 0 Å². The molecule has 2 nitrogen and oxygen atoms in total. The standard InChI is InChI=1S/C9H5Br2ClN2S/c10-5-1-2-7(11)6(3-5)9-14-13-8(4-12)15-9/h1-3H,4H2. The smallest absolute Gasteiger partial charge is 0.142 e. The highest BCUT2D eigenvalue weighted by Crippen LogP contribution is 2.32. The van der Waals surface area contributed by atoms with Crippen LogP contribution in [0, 0.1) is 0 Å². The van der Waals surface area contributed by atoms with Crippen LogP contribution in [0.1, 0.15) is 5.01 Å². The zero-order chi connectivity index (χ0) is 10.8. The minimum Gasteiger partial charge on any atom is -0.142 e. The molecular formula is C9H5Br2ClN2S. The van der Waals surface area contributed by atoms with Gasteiger partial charge in [-0.05, 0) is 18.2 Å². The molecule has 1 heterocycles. The fourth-order valence-electron chi connectivity index (χ4n) is 1.08. The molecule has 2 rings (SSSR count). The third-order valence-corrected chi connectivity index (χ3v) is 4.29. The van der Waals surface area contributed by atoms with Gasteiger partial charge in [0.15, 0.2) is 0 Å². The number of hydrogen-bond acceptors (Lipinski definition) is 3. The second-order valence-corrected chi connectivity index (χ2v) is 5.86. The Bertz CT molecular complexity index is 487. The average molecular weight is 368 g/mol. The monoisotopic (exact) mass is 366 g/mol. The third kappa shape index (κ3) is 2.58. The molecule has 0 bridgehead atoms. The van der Waals surface area contributed by atoms with Crippen LogP contribution in [0.15, 0.2) is 27.1 Å². The summed E-state index contributed by atoms with van der Waals surface area (Å²) in [4.78, 5) is 0. The highest BCUT2D eigenvalue weighted by molar-refractivity contribution is 9.11. The van der Waals surface area contributed by atoms with Crippen LogP contribution in [0.2, 0.25) is 0 Å². The van der Waals surface area contributed by atoms with E-state index >= 15 is 0 Å². The van der Waals surface area contributed by atoms with Crippen LogP contribution < -0.4 is 0 Å². The number of alkyl halides is 1. The molecule has 0 saturated carbocycles. The van der Waals surface area contributed by atoms with Crippen molar-refractivity contribution in [3.05, 3.63) is 32.2 Å². The van der Waals surface area contributed by atoms with Crippen molar-refractivity contribution in [1.82, 2.24) is 10.2 Å². The van der Waals surface area contributed by atoms with E-state index in [2.05, 4.69) is 42.1 Å². The van der Waals surface area contributed by atoms with Crippen molar-refractivity contribution in [2.24, 2.45) is 0 Å². The second kappa shape index (κ2) is 4.91. The molecular weight excluding hydrogens is 363 g/mol. The van der Waals surface area contributed by atoms with E-state index in [1.54, 1.807) is 0 Å². The second-order valence-electron chi connectivity index (χ2n) is 2.76. The molecule has 2 aromatic rings. The SMILES string of the molecule is ClCc1nnc(-c2cc(Br)ccc2Br)s1. The van der Waals surface area contributed by atoms with Crippen LogP contribution >= 0.6 is 54.8 Å². The molecule has 0 saturated heterocycles. The predicted molar refractivity (Wildman–Crippen MR) is 70.3 cm³/mol. The molecule has 15 heavy (non-hydrogen) atoms. The fraction of sp³-hybridized carbons (Fsp3) is 0.111. The van der Waals surface area contributed by atoms with Crippen LogP contribution in [-0.4, -0.2) is 10.2 Å². The van der Waals surface area contributed by atoms with E-state index in [4.69, 9.17) is 11.6 Å². The molecule has 0 N–H and O–H groups in total. The van der Waals surface area contributed by atoms with E-state index in [9.17, 15) is 0 Å². The quantitative estimate of drug-likeness (QED) is 0.731. The van der Waals surface area contributed by atoms with Gasteiger partial charge in [-0.2, -0.15) is 0 Å². The lowest BCUT2D eigenvalue weighted by molar-refractivity contribution is 1.04. The summed E-state index contributed by atoms with van der Waals surface area (Å²) >= 11 is 14.1. The maximum atomic E-state index is 5.69. The zero-order valence-electron chi connectivity index (χ0n) is 7.38. The van der Waals surface area contributed by atoms with Crippen LogP contribution in [0.3, 0.4) is 0 Å². The number of hydrogen-bond donors (Lipinski definition) is 0. The molecule has 0 fully saturated rings. The number of aromatic nitrogens is 2. The summed E-state index contributed by atoms with van der Waals surface area (Å²) in [6.07, 6.45) is 0. The highest BCUT2D eigenvalue weighted by Gasteiger charge is 2.09. The van der Waals surface area contributed by atoms with Gasteiger partial charge in [-0.3, -0.25) is 0 Å². The molecule has 0 atom stereocenters. The average Bonchev–Trinajstić information content (AvgIpc) is 2.70. The number of rotatable bonds is 2. The summed E-state index contributed by atoms with van der Waals surface area (Å²) < 4.78 is 2.02. The first-order chi connectivity index (χ1) is 7.20. The van der Waals surface area contributed by atoms with Crippen LogP contribution in [0.4, 0.5) is 0 Å². The maximum Gasteiger partial charge on any atom is 0.149 e. The fourth-order valence-corrected chi connectivity index (χ4v) is 2.94. The molecule has 0 aliphatic heterocycles. The Morgan fingerprint density at radius 3 is 2.73 bits per heavy atom. The van der Waals surface area contributed by atoms with Crippen molar-refractivity contribution in [2.45, 2.75) is 5.88 Å². The topological polar surface area (TPSA) is 25.8 Å². The predicted octanol–water partition coefficient (Wildman–Crippen LogP) is 4.47. The van der Waals surface area contributed by atoms with Gasteiger partial charge in [0.2, 0.25) is 0 Å². The van der Waals surface area contributed by atoms with E-state index in [1.165, 1.54) is 11.3 Å². The molecule has 0 unspecified atom stereocenters. The third-order valence-electron chi connectivity index (χ3n) is 1.74. The largest absolute Gasteiger partial charge is 0.149 e. The molecule has 0 amide bonds. The molecule has 78 valence electrons. The lowest BCUT2D eigenvalue weighted by atomic mass is 10.2. The lowest BCUT2D eigenvalue weighted by Crippen LogP contribution is -1.79.